The number of carbonyl (C=O) groups excluding carboxylic acids is 2. The van der Waals surface area contributed by atoms with E-state index in [0.29, 0.717) is 0 Å². The number of hydrogen-bond acceptors (Lipinski definition) is 2. The molecule has 1 fully saturated rings. The molecule has 90 valence electrons. The van der Waals surface area contributed by atoms with E-state index in [4.69, 9.17) is 0 Å². The second-order valence-electron chi connectivity index (χ2n) is 5.11. The van der Waals surface area contributed by atoms with Gasteiger partial charge in [0.05, 0.1) is 11.3 Å². The maximum absolute atomic E-state index is 12.1. The zero-order valence-electron chi connectivity index (χ0n) is 10.4. The lowest BCUT2D eigenvalue weighted by atomic mass is 9.69. The molecule has 3 nitrogen and oxygen atoms in total. The van der Waals surface area contributed by atoms with E-state index in [-0.39, 0.29) is 23.7 Å². The van der Waals surface area contributed by atoms with Gasteiger partial charge in [0.1, 0.15) is 0 Å². The van der Waals surface area contributed by atoms with Gasteiger partial charge in [0.25, 0.3) is 0 Å². The van der Waals surface area contributed by atoms with Gasteiger partial charge in [-0.05, 0) is 18.4 Å². The quantitative estimate of drug-likeness (QED) is 0.790. The first-order valence-corrected chi connectivity index (χ1v) is 5.88. The molecule has 3 heteroatoms. The van der Waals surface area contributed by atoms with Crippen LogP contribution in [-0.4, -0.2) is 11.8 Å². The first-order valence-electron chi connectivity index (χ1n) is 5.88. The minimum Gasteiger partial charge on any atom is -0.295 e. The summed E-state index contributed by atoms with van der Waals surface area (Å²) in [5.41, 5.74) is 0.161. The predicted molar refractivity (Wildman–Crippen MR) is 65.3 cm³/mol. The average Bonchev–Trinajstić information content (AvgIpc) is 2.51. The molecule has 0 bridgehead atoms. The Labute approximate surface area is 101 Å². The van der Waals surface area contributed by atoms with Crippen molar-refractivity contribution in [2.75, 3.05) is 0 Å². The summed E-state index contributed by atoms with van der Waals surface area (Å²) < 4.78 is 0. The Morgan fingerprint density at radius 2 is 1.76 bits per heavy atom. The smallest absolute Gasteiger partial charge is 0.237 e. The molecule has 2 atom stereocenters. The summed E-state index contributed by atoms with van der Waals surface area (Å²) in [6, 6.07) is 9.52. The molecule has 1 aliphatic rings. The normalized spacial score (nSPS) is 28.6. The molecule has 0 aliphatic carbocycles. The number of hydrogen-bond donors (Lipinski definition) is 1. The molecule has 1 saturated heterocycles. The zero-order chi connectivity index (χ0) is 12.6. The van der Waals surface area contributed by atoms with Gasteiger partial charge in [-0.15, -0.1) is 0 Å². The minimum atomic E-state index is -0.744. The van der Waals surface area contributed by atoms with E-state index < -0.39 is 5.41 Å². The van der Waals surface area contributed by atoms with Crippen molar-refractivity contribution in [3.05, 3.63) is 35.9 Å². The Morgan fingerprint density at radius 1 is 1.18 bits per heavy atom. The Balaban J connectivity index is 2.54. The topological polar surface area (TPSA) is 46.2 Å². The van der Waals surface area contributed by atoms with E-state index in [1.165, 1.54) is 0 Å². The van der Waals surface area contributed by atoms with Crippen LogP contribution in [0.25, 0.3) is 0 Å². The van der Waals surface area contributed by atoms with Crippen molar-refractivity contribution < 1.29 is 9.59 Å². The van der Waals surface area contributed by atoms with Gasteiger partial charge in [0, 0.05) is 0 Å². The van der Waals surface area contributed by atoms with Crippen LogP contribution in [0.15, 0.2) is 30.3 Å². The fourth-order valence-corrected chi connectivity index (χ4v) is 2.79. The molecule has 2 amide bonds. The molecule has 0 saturated carbocycles. The third-order valence-electron chi connectivity index (χ3n) is 3.65. The maximum Gasteiger partial charge on any atom is 0.237 e. The predicted octanol–water partition coefficient (Wildman–Crippen LogP) is 1.87. The van der Waals surface area contributed by atoms with Gasteiger partial charge in [0.15, 0.2) is 0 Å². The third kappa shape index (κ3) is 1.66. The third-order valence-corrected chi connectivity index (χ3v) is 3.65. The molecular weight excluding hydrogens is 214 g/mol. The van der Waals surface area contributed by atoms with E-state index in [2.05, 4.69) is 5.32 Å². The molecule has 1 heterocycles. The average molecular weight is 231 g/mol. The molecule has 1 aliphatic heterocycles. The van der Waals surface area contributed by atoms with Crippen molar-refractivity contribution in [3.63, 3.8) is 0 Å². The van der Waals surface area contributed by atoms with Crippen molar-refractivity contribution >= 4 is 11.8 Å². The van der Waals surface area contributed by atoms with Crippen LogP contribution in [0.4, 0.5) is 0 Å². The summed E-state index contributed by atoms with van der Waals surface area (Å²) in [4.78, 5) is 24.0. The second kappa shape index (κ2) is 3.99. The Kier molecular flexibility index (Phi) is 2.77. The van der Waals surface area contributed by atoms with Crippen LogP contribution in [-0.2, 0) is 15.0 Å². The molecule has 2 rings (SSSR count). The summed E-state index contributed by atoms with van der Waals surface area (Å²) in [7, 11) is 0. The summed E-state index contributed by atoms with van der Waals surface area (Å²) in [6.45, 7) is 5.81. The highest BCUT2D eigenvalue weighted by Gasteiger charge is 2.53. The van der Waals surface area contributed by atoms with Crippen LogP contribution in [0.2, 0.25) is 0 Å². The molecular formula is C14H17NO2. The van der Waals surface area contributed by atoms with Crippen molar-refractivity contribution in [1.29, 1.82) is 0 Å². The lowest BCUT2D eigenvalue weighted by molar-refractivity contribution is -0.126. The van der Waals surface area contributed by atoms with Crippen LogP contribution in [0.5, 0.6) is 0 Å². The fraction of sp³-hybridized carbons (Fsp3) is 0.429. The molecule has 17 heavy (non-hydrogen) atoms. The van der Waals surface area contributed by atoms with Gasteiger partial charge in [-0.1, -0.05) is 44.2 Å². The van der Waals surface area contributed by atoms with Gasteiger partial charge >= 0.3 is 0 Å². The number of amides is 2. The van der Waals surface area contributed by atoms with E-state index in [1.807, 2.05) is 51.1 Å². The van der Waals surface area contributed by atoms with Gasteiger partial charge in [-0.25, -0.2) is 0 Å². The highest BCUT2D eigenvalue weighted by molar-refractivity contribution is 6.10. The molecule has 0 aromatic heterocycles. The molecule has 1 aromatic carbocycles. The monoisotopic (exact) mass is 231 g/mol. The zero-order valence-corrected chi connectivity index (χ0v) is 10.4. The number of imide groups is 1. The summed E-state index contributed by atoms with van der Waals surface area (Å²) in [6.07, 6.45) is 0. The van der Waals surface area contributed by atoms with Crippen LogP contribution in [0.3, 0.4) is 0 Å². The van der Waals surface area contributed by atoms with Crippen molar-refractivity contribution in [2.24, 2.45) is 11.8 Å². The summed E-state index contributed by atoms with van der Waals surface area (Å²) in [5, 5.41) is 2.46. The largest absolute Gasteiger partial charge is 0.295 e. The van der Waals surface area contributed by atoms with Gasteiger partial charge in [-0.2, -0.15) is 0 Å². The Hall–Kier alpha value is -1.64. The van der Waals surface area contributed by atoms with Crippen LogP contribution in [0, 0.1) is 11.8 Å². The Morgan fingerprint density at radius 3 is 2.29 bits per heavy atom. The first kappa shape index (κ1) is 11.8. The standard InChI is InChI=1S/C14H17NO2/c1-9(2)11-12(16)15-13(17)14(11,3)10-7-5-4-6-8-10/h4-9,11H,1-3H3,(H,15,16,17)/t11-,14-/m1/s1. The molecule has 0 unspecified atom stereocenters. The van der Waals surface area contributed by atoms with Gasteiger partial charge < -0.3 is 0 Å². The highest BCUT2D eigenvalue weighted by Crippen LogP contribution is 2.40. The summed E-state index contributed by atoms with van der Waals surface area (Å²) in [5.74, 6) is -0.507. The fourth-order valence-electron chi connectivity index (χ4n) is 2.79. The van der Waals surface area contributed by atoms with E-state index >= 15 is 0 Å². The number of carbonyl (C=O) groups is 2. The van der Waals surface area contributed by atoms with E-state index in [9.17, 15) is 9.59 Å². The van der Waals surface area contributed by atoms with Crippen LogP contribution < -0.4 is 5.32 Å². The first-order chi connectivity index (χ1) is 7.98. The van der Waals surface area contributed by atoms with Crippen molar-refractivity contribution in [1.82, 2.24) is 5.32 Å². The highest BCUT2D eigenvalue weighted by atomic mass is 16.2. The number of nitrogens with one attached hydrogen (secondary N) is 1. The Bertz CT molecular complexity index is 453. The van der Waals surface area contributed by atoms with Gasteiger partial charge in [0.2, 0.25) is 11.8 Å². The second-order valence-corrected chi connectivity index (χ2v) is 5.11. The lowest BCUT2D eigenvalue weighted by Gasteiger charge is -2.30. The van der Waals surface area contributed by atoms with Gasteiger partial charge in [-0.3, -0.25) is 14.9 Å². The van der Waals surface area contributed by atoms with Crippen LogP contribution in [0.1, 0.15) is 26.3 Å². The van der Waals surface area contributed by atoms with Crippen molar-refractivity contribution in [2.45, 2.75) is 26.2 Å². The number of rotatable bonds is 2. The van der Waals surface area contributed by atoms with E-state index in [0.717, 1.165) is 5.56 Å². The number of benzene rings is 1. The SMILES string of the molecule is CC(C)[C@@H]1C(=O)NC(=O)[C@]1(C)c1ccccc1. The molecule has 0 spiro atoms. The molecule has 1 aromatic rings. The van der Waals surface area contributed by atoms with Crippen molar-refractivity contribution in [3.8, 4) is 0 Å². The van der Waals surface area contributed by atoms with E-state index in [1.54, 1.807) is 0 Å². The minimum absolute atomic E-state index is 0.131. The molecule has 1 N–H and O–H groups in total. The summed E-state index contributed by atoms with van der Waals surface area (Å²) >= 11 is 0. The molecule has 0 radical (unpaired) electrons. The van der Waals surface area contributed by atoms with Crippen LogP contribution >= 0.6 is 0 Å². The lowest BCUT2D eigenvalue weighted by Crippen LogP contribution is -2.38. The maximum atomic E-state index is 12.1.